The van der Waals surface area contributed by atoms with Gasteiger partial charge in [0.05, 0.1) is 24.5 Å². The summed E-state index contributed by atoms with van der Waals surface area (Å²) in [5, 5.41) is 0. The van der Waals surface area contributed by atoms with Crippen molar-refractivity contribution in [1.82, 2.24) is 4.90 Å². The molecule has 0 bridgehead atoms. The summed E-state index contributed by atoms with van der Waals surface area (Å²) in [7, 11) is 0. The van der Waals surface area contributed by atoms with Crippen LogP contribution in [0.15, 0.2) is 60.3 Å². The number of anilines is 1. The normalized spacial score (nSPS) is 17.8. The van der Waals surface area contributed by atoms with Crippen molar-refractivity contribution in [2.24, 2.45) is 0 Å². The van der Waals surface area contributed by atoms with Gasteiger partial charge in [-0.2, -0.15) is 0 Å². The van der Waals surface area contributed by atoms with Crippen LogP contribution in [0.2, 0.25) is 0 Å². The van der Waals surface area contributed by atoms with Crippen LogP contribution in [0.3, 0.4) is 0 Å². The van der Waals surface area contributed by atoms with E-state index in [1.165, 1.54) is 10.5 Å². The number of ether oxygens (including phenoxy) is 1. The Morgan fingerprint density at radius 1 is 0.889 bits per heavy atom. The molecule has 2 heterocycles. The average molecular weight is 362 g/mol. The molecule has 2 aliphatic rings. The predicted octanol–water partition coefficient (Wildman–Crippen LogP) is 2.87. The van der Waals surface area contributed by atoms with Crippen molar-refractivity contribution >= 4 is 23.1 Å². The van der Waals surface area contributed by atoms with E-state index in [1.54, 1.807) is 0 Å². The van der Waals surface area contributed by atoms with Crippen LogP contribution in [0.25, 0.3) is 5.57 Å². The third-order valence-electron chi connectivity index (χ3n) is 5.05. The Hall–Kier alpha value is -2.92. The van der Waals surface area contributed by atoms with Crippen LogP contribution in [-0.4, -0.2) is 43.0 Å². The van der Waals surface area contributed by atoms with Crippen molar-refractivity contribution in [1.29, 1.82) is 0 Å². The summed E-state index contributed by atoms with van der Waals surface area (Å²) in [5.41, 5.74) is 3.50. The van der Waals surface area contributed by atoms with E-state index in [0.29, 0.717) is 43.3 Å². The zero-order valence-electron chi connectivity index (χ0n) is 15.4. The maximum atomic E-state index is 13.3. The Morgan fingerprint density at radius 2 is 1.56 bits per heavy atom. The number of aryl methyl sites for hydroxylation is 1. The molecule has 4 rings (SSSR count). The average Bonchev–Trinajstić information content (AvgIpc) is 2.99. The molecule has 0 radical (unpaired) electrons. The van der Waals surface area contributed by atoms with Gasteiger partial charge in [0.15, 0.2) is 0 Å². The van der Waals surface area contributed by atoms with Gasteiger partial charge in [-0.25, -0.2) is 4.90 Å². The van der Waals surface area contributed by atoms with Gasteiger partial charge in [0.1, 0.15) is 5.70 Å². The van der Waals surface area contributed by atoms with Crippen LogP contribution in [0.4, 0.5) is 5.69 Å². The lowest BCUT2D eigenvalue weighted by molar-refractivity contribution is -0.121. The molecule has 0 aromatic heterocycles. The molecule has 0 saturated carbocycles. The molecular weight excluding hydrogens is 340 g/mol. The Kier molecular flexibility index (Phi) is 4.77. The van der Waals surface area contributed by atoms with E-state index in [0.717, 1.165) is 12.0 Å². The minimum atomic E-state index is -0.267. The summed E-state index contributed by atoms with van der Waals surface area (Å²) in [6.07, 6.45) is 0.911. The highest BCUT2D eigenvalue weighted by Gasteiger charge is 2.42. The molecule has 2 aliphatic heterocycles. The number of imide groups is 1. The Bertz CT molecular complexity index is 882. The number of hydrogen-bond donors (Lipinski definition) is 0. The number of rotatable bonds is 4. The smallest absolute Gasteiger partial charge is 0.282 e. The molecular formula is C22H22N2O3. The molecule has 5 heteroatoms. The first-order valence-electron chi connectivity index (χ1n) is 9.31. The highest BCUT2D eigenvalue weighted by molar-refractivity contribution is 6.45. The summed E-state index contributed by atoms with van der Waals surface area (Å²) in [4.78, 5) is 29.9. The molecule has 1 fully saturated rings. The highest BCUT2D eigenvalue weighted by atomic mass is 16.5. The molecule has 2 aromatic rings. The largest absolute Gasteiger partial charge is 0.378 e. The minimum absolute atomic E-state index is 0.259. The lowest BCUT2D eigenvalue weighted by Crippen LogP contribution is -2.40. The van der Waals surface area contributed by atoms with Gasteiger partial charge in [-0.15, -0.1) is 0 Å². The van der Waals surface area contributed by atoms with Crippen LogP contribution in [-0.2, 0) is 20.7 Å². The second kappa shape index (κ2) is 7.37. The molecule has 27 heavy (non-hydrogen) atoms. The van der Waals surface area contributed by atoms with Crippen molar-refractivity contribution in [3.05, 3.63) is 71.4 Å². The van der Waals surface area contributed by atoms with E-state index in [9.17, 15) is 9.59 Å². The van der Waals surface area contributed by atoms with Crippen molar-refractivity contribution in [2.45, 2.75) is 13.3 Å². The molecule has 0 spiro atoms. The summed E-state index contributed by atoms with van der Waals surface area (Å²) >= 11 is 0. The van der Waals surface area contributed by atoms with Crippen LogP contribution >= 0.6 is 0 Å². The highest BCUT2D eigenvalue weighted by Crippen LogP contribution is 2.35. The number of nitrogens with zero attached hydrogens (tertiary/aromatic N) is 2. The maximum Gasteiger partial charge on any atom is 0.282 e. The maximum absolute atomic E-state index is 13.3. The second-order valence-corrected chi connectivity index (χ2v) is 6.65. The van der Waals surface area contributed by atoms with Gasteiger partial charge < -0.3 is 9.64 Å². The van der Waals surface area contributed by atoms with Gasteiger partial charge in [0, 0.05) is 13.1 Å². The van der Waals surface area contributed by atoms with Gasteiger partial charge in [0.2, 0.25) is 0 Å². The van der Waals surface area contributed by atoms with E-state index in [2.05, 4.69) is 6.92 Å². The van der Waals surface area contributed by atoms with E-state index >= 15 is 0 Å². The molecule has 0 unspecified atom stereocenters. The van der Waals surface area contributed by atoms with Crippen molar-refractivity contribution in [3.63, 3.8) is 0 Å². The van der Waals surface area contributed by atoms with Crippen molar-refractivity contribution in [3.8, 4) is 0 Å². The van der Waals surface area contributed by atoms with Gasteiger partial charge in [-0.3, -0.25) is 9.59 Å². The van der Waals surface area contributed by atoms with Crippen molar-refractivity contribution in [2.75, 3.05) is 31.2 Å². The van der Waals surface area contributed by atoms with Gasteiger partial charge in [-0.1, -0.05) is 49.4 Å². The number of benzene rings is 2. The first-order valence-corrected chi connectivity index (χ1v) is 9.31. The number of carbonyl (C=O) groups excluding carboxylic acids is 2. The molecule has 138 valence electrons. The zero-order valence-corrected chi connectivity index (χ0v) is 15.4. The van der Waals surface area contributed by atoms with Gasteiger partial charge in [0.25, 0.3) is 11.8 Å². The van der Waals surface area contributed by atoms with Crippen LogP contribution in [0.1, 0.15) is 18.1 Å². The van der Waals surface area contributed by atoms with Crippen molar-refractivity contribution < 1.29 is 14.3 Å². The van der Waals surface area contributed by atoms with E-state index in [4.69, 9.17) is 4.74 Å². The number of amides is 2. The third kappa shape index (κ3) is 3.15. The molecule has 0 aliphatic carbocycles. The summed E-state index contributed by atoms with van der Waals surface area (Å²) in [6.45, 7) is 4.39. The van der Waals surface area contributed by atoms with E-state index in [-0.39, 0.29) is 11.8 Å². The molecule has 2 aromatic carbocycles. The lowest BCUT2D eigenvalue weighted by atomic mass is 10.0. The van der Waals surface area contributed by atoms with Gasteiger partial charge in [-0.05, 0) is 29.7 Å². The second-order valence-electron chi connectivity index (χ2n) is 6.65. The third-order valence-corrected chi connectivity index (χ3v) is 5.05. The number of hydrogen-bond acceptors (Lipinski definition) is 4. The lowest BCUT2D eigenvalue weighted by Gasteiger charge is -2.29. The van der Waals surface area contributed by atoms with Crippen LogP contribution in [0.5, 0.6) is 0 Å². The fourth-order valence-corrected chi connectivity index (χ4v) is 3.58. The first kappa shape index (κ1) is 17.5. The van der Waals surface area contributed by atoms with Crippen LogP contribution < -0.4 is 4.90 Å². The monoisotopic (exact) mass is 362 g/mol. The Morgan fingerprint density at radius 3 is 2.19 bits per heavy atom. The molecule has 5 nitrogen and oxygen atoms in total. The fourth-order valence-electron chi connectivity index (χ4n) is 3.58. The van der Waals surface area contributed by atoms with E-state index < -0.39 is 0 Å². The minimum Gasteiger partial charge on any atom is -0.378 e. The number of morpholine rings is 1. The predicted molar refractivity (Wildman–Crippen MR) is 104 cm³/mol. The number of carbonyl (C=O) groups is 2. The fraction of sp³-hybridized carbons (Fsp3) is 0.273. The molecule has 0 N–H and O–H groups in total. The Labute approximate surface area is 158 Å². The van der Waals surface area contributed by atoms with Gasteiger partial charge >= 0.3 is 0 Å². The zero-order chi connectivity index (χ0) is 18.8. The van der Waals surface area contributed by atoms with E-state index in [1.807, 2.05) is 59.5 Å². The Balaban J connectivity index is 1.78. The first-order chi connectivity index (χ1) is 13.2. The summed E-state index contributed by atoms with van der Waals surface area (Å²) in [6, 6.07) is 17.1. The van der Waals surface area contributed by atoms with Crippen LogP contribution in [0, 0.1) is 0 Å². The standard InChI is InChI=1S/C22H22N2O3/c1-2-16-8-10-18(11-9-16)24-21(25)19(17-6-4-3-5-7-17)20(22(24)26)23-12-14-27-15-13-23/h3-11H,2,12-15H2,1H3. The molecule has 0 atom stereocenters. The molecule has 2 amide bonds. The summed E-state index contributed by atoms with van der Waals surface area (Å²) in [5.74, 6) is -0.526. The quantitative estimate of drug-likeness (QED) is 0.785. The topological polar surface area (TPSA) is 49.9 Å². The summed E-state index contributed by atoms with van der Waals surface area (Å²) < 4.78 is 5.43. The molecule has 1 saturated heterocycles. The SMILES string of the molecule is CCc1ccc(N2C(=O)C(c3ccccc3)=C(N3CCOCC3)C2=O)cc1.